The number of carbonyl (C=O) groups is 3. The normalized spacial score (nSPS) is 17.0. The second kappa shape index (κ2) is 10.5. The van der Waals surface area contributed by atoms with Crippen molar-refractivity contribution >= 4 is 29.4 Å². The molecule has 2 atom stereocenters. The van der Waals surface area contributed by atoms with Gasteiger partial charge in [-0.2, -0.15) is 5.26 Å². The largest absolute Gasteiger partial charge is 0.480 e. The van der Waals surface area contributed by atoms with Gasteiger partial charge in [0, 0.05) is 11.1 Å². The van der Waals surface area contributed by atoms with Gasteiger partial charge < -0.3 is 15.5 Å². The molecule has 3 aromatic carbocycles. The number of carbonyl (C=O) groups excluding carboxylic acids is 1. The molecule has 0 radical (unpaired) electrons. The van der Waals surface area contributed by atoms with Gasteiger partial charge in [-0.3, -0.25) is 9.69 Å². The lowest BCUT2D eigenvalue weighted by molar-refractivity contribution is -0.146. The van der Waals surface area contributed by atoms with Gasteiger partial charge in [0.05, 0.1) is 23.0 Å². The number of carboxylic acids is 1. The Kier molecular flexibility index (Phi) is 7.07. The predicted octanol–water partition coefficient (Wildman–Crippen LogP) is 3.20. The molecule has 1 fully saturated rings. The van der Waals surface area contributed by atoms with Crippen molar-refractivity contribution < 1.29 is 24.6 Å². The number of hydrogen-bond donors (Lipinski definition) is 3. The minimum atomic E-state index is -1.41. The van der Waals surface area contributed by atoms with E-state index >= 15 is 0 Å². The fraction of sp³-hybridized carbons (Fsp3) is 0.148. The van der Waals surface area contributed by atoms with E-state index in [9.17, 15) is 29.9 Å². The summed E-state index contributed by atoms with van der Waals surface area (Å²) in [6, 6.07) is 23.5. The van der Waals surface area contributed by atoms with E-state index in [0.717, 1.165) is 16.0 Å². The second-order valence-corrected chi connectivity index (χ2v) is 8.22. The summed E-state index contributed by atoms with van der Waals surface area (Å²) < 4.78 is 0. The van der Waals surface area contributed by atoms with Crippen molar-refractivity contribution in [2.24, 2.45) is 4.99 Å². The van der Waals surface area contributed by atoms with Crippen molar-refractivity contribution in [2.45, 2.75) is 18.5 Å². The maximum Gasteiger partial charge on any atom is 0.408 e. The number of aliphatic imine (C=N–C) groups is 1. The summed E-state index contributed by atoms with van der Waals surface area (Å²) in [5.41, 5.74) is 3.58. The minimum Gasteiger partial charge on any atom is -0.480 e. The summed E-state index contributed by atoms with van der Waals surface area (Å²) in [5.74, 6) is -2.01. The van der Waals surface area contributed by atoms with Crippen LogP contribution in [0.5, 0.6) is 0 Å². The van der Waals surface area contributed by atoms with Crippen LogP contribution in [0.1, 0.15) is 22.3 Å². The van der Waals surface area contributed by atoms with Crippen LogP contribution < -0.4 is 5.32 Å². The molecule has 3 N–H and O–H groups in total. The Bertz CT molecular complexity index is 1300. The second-order valence-electron chi connectivity index (χ2n) is 8.22. The SMILES string of the molecule is N#Cc1ccc(CC2C(C(=O)O)NC(=O)CN2C(=O)O)cc1N=C(c1ccccc1)c1ccccc1. The van der Waals surface area contributed by atoms with Crippen LogP contribution in [0.2, 0.25) is 0 Å². The Hall–Kier alpha value is -4.97. The van der Waals surface area contributed by atoms with Gasteiger partial charge in [-0.15, -0.1) is 0 Å². The van der Waals surface area contributed by atoms with Crippen molar-refractivity contribution in [3.63, 3.8) is 0 Å². The Morgan fingerprint density at radius 2 is 1.61 bits per heavy atom. The van der Waals surface area contributed by atoms with Gasteiger partial charge in [-0.25, -0.2) is 14.6 Å². The molecule has 3 aromatic rings. The van der Waals surface area contributed by atoms with Gasteiger partial charge in [-0.1, -0.05) is 66.7 Å². The summed E-state index contributed by atoms with van der Waals surface area (Å²) in [4.78, 5) is 41.1. The van der Waals surface area contributed by atoms with Crippen LogP contribution in [0.15, 0.2) is 83.9 Å². The van der Waals surface area contributed by atoms with E-state index in [2.05, 4.69) is 11.4 Å². The molecule has 2 unspecified atom stereocenters. The number of nitrogens with zero attached hydrogens (tertiary/aromatic N) is 3. The fourth-order valence-electron chi connectivity index (χ4n) is 4.17. The first-order valence-electron chi connectivity index (χ1n) is 11.1. The van der Waals surface area contributed by atoms with E-state index in [-0.39, 0.29) is 6.42 Å². The monoisotopic (exact) mass is 482 g/mol. The van der Waals surface area contributed by atoms with Crippen LogP contribution in [0.3, 0.4) is 0 Å². The van der Waals surface area contributed by atoms with E-state index in [1.807, 2.05) is 60.7 Å². The zero-order valence-corrected chi connectivity index (χ0v) is 19.0. The van der Waals surface area contributed by atoms with Crippen molar-refractivity contribution in [3.05, 3.63) is 101 Å². The lowest BCUT2D eigenvalue weighted by atomic mass is 9.94. The maximum absolute atomic E-state index is 11.9. The van der Waals surface area contributed by atoms with E-state index in [1.54, 1.807) is 18.2 Å². The van der Waals surface area contributed by atoms with Gasteiger partial charge >= 0.3 is 12.1 Å². The number of nitrogens with one attached hydrogen (secondary N) is 1. The third kappa shape index (κ3) is 5.23. The molecule has 1 saturated heterocycles. The van der Waals surface area contributed by atoms with E-state index in [0.29, 0.717) is 22.5 Å². The van der Waals surface area contributed by atoms with Crippen LogP contribution in [0, 0.1) is 11.3 Å². The van der Waals surface area contributed by atoms with Crippen molar-refractivity contribution in [1.82, 2.24) is 10.2 Å². The highest BCUT2D eigenvalue weighted by Crippen LogP contribution is 2.26. The predicted molar refractivity (Wildman–Crippen MR) is 131 cm³/mol. The summed E-state index contributed by atoms with van der Waals surface area (Å²) in [6.07, 6.45) is -1.38. The summed E-state index contributed by atoms with van der Waals surface area (Å²) in [7, 11) is 0. The smallest absolute Gasteiger partial charge is 0.408 e. The number of hydrogen-bond acceptors (Lipinski definition) is 5. The molecule has 9 heteroatoms. The zero-order chi connectivity index (χ0) is 25.7. The van der Waals surface area contributed by atoms with E-state index in [1.165, 1.54) is 0 Å². The zero-order valence-electron chi connectivity index (χ0n) is 19.0. The van der Waals surface area contributed by atoms with E-state index < -0.39 is 36.6 Å². The van der Waals surface area contributed by atoms with Crippen molar-refractivity contribution in [2.75, 3.05) is 6.54 Å². The summed E-state index contributed by atoms with van der Waals surface area (Å²) in [6.45, 7) is -0.461. The maximum atomic E-state index is 11.9. The van der Waals surface area contributed by atoms with Crippen LogP contribution >= 0.6 is 0 Å². The molecule has 36 heavy (non-hydrogen) atoms. The van der Waals surface area contributed by atoms with Gasteiger partial charge in [0.1, 0.15) is 18.7 Å². The van der Waals surface area contributed by atoms with Crippen molar-refractivity contribution in [1.29, 1.82) is 5.26 Å². The number of carboxylic acid groups (broad SMARTS) is 2. The molecule has 0 spiro atoms. The molecule has 0 saturated carbocycles. The number of benzene rings is 3. The number of nitriles is 1. The lowest BCUT2D eigenvalue weighted by Crippen LogP contribution is -2.65. The third-order valence-corrected chi connectivity index (χ3v) is 5.88. The molecule has 0 aliphatic carbocycles. The van der Waals surface area contributed by atoms with Crippen molar-refractivity contribution in [3.8, 4) is 6.07 Å². The fourth-order valence-corrected chi connectivity index (χ4v) is 4.17. The van der Waals surface area contributed by atoms with Crippen LogP contribution in [0.4, 0.5) is 10.5 Å². The Morgan fingerprint density at radius 3 is 2.14 bits per heavy atom. The highest BCUT2D eigenvalue weighted by molar-refractivity contribution is 6.14. The molecule has 180 valence electrons. The summed E-state index contributed by atoms with van der Waals surface area (Å²) in [5, 5.41) is 31.3. The average molecular weight is 482 g/mol. The quantitative estimate of drug-likeness (QED) is 0.461. The number of amides is 2. The van der Waals surface area contributed by atoms with Gasteiger partial charge in [0.15, 0.2) is 0 Å². The first-order chi connectivity index (χ1) is 17.4. The Balaban J connectivity index is 1.77. The molecule has 2 amide bonds. The first-order valence-corrected chi connectivity index (χ1v) is 11.1. The molecule has 0 bridgehead atoms. The molecular formula is C27H22N4O5. The van der Waals surface area contributed by atoms with Crippen LogP contribution in [-0.2, 0) is 16.0 Å². The van der Waals surface area contributed by atoms with Gasteiger partial charge in [0.25, 0.3) is 0 Å². The molecule has 0 aromatic heterocycles. The molecule has 9 nitrogen and oxygen atoms in total. The first kappa shape index (κ1) is 24.2. The Labute approximate surface area is 206 Å². The number of piperazine rings is 1. The molecule has 1 aliphatic rings. The highest BCUT2D eigenvalue weighted by Gasteiger charge is 2.41. The topological polar surface area (TPSA) is 143 Å². The standard InChI is InChI=1S/C27H22N4O5/c28-15-20-12-11-17(14-22-25(26(33)34)30-23(32)16-31(22)27(35)36)13-21(20)29-24(18-7-3-1-4-8-18)19-9-5-2-6-10-19/h1-13,22,25H,14,16H2,(H,30,32)(H,33,34)(H,35,36). The number of aliphatic carboxylic acids is 1. The highest BCUT2D eigenvalue weighted by atomic mass is 16.4. The molecule has 4 rings (SSSR count). The van der Waals surface area contributed by atoms with Crippen LogP contribution in [0.25, 0.3) is 0 Å². The average Bonchev–Trinajstić information content (AvgIpc) is 2.89. The summed E-state index contributed by atoms with van der Waals surface area (Å²) >= 11 is 0. The third-order valence-electron chi connectivity index (χ3n) is 5.88. The van der Waals surface area contributed by atoms with Crippen LogP contribution in [-0.4, -0.2) is 57.4 Å². The molecule has 1 aliphatic heterocycles. The van der Waals surface area contributed by atoms with Gasteiger partial charge in [-0.05, 0) is 24.1 Å². The number of rotatable bonds is 6. The lowest BCUT2D eigenvalue weighted by Gasteiger charge is -2.37. The molecule has 1 heterocycles. The Morgan fingerprint density at radius 1 is 1.00 bits per heavy atom. The van der Waals surface area contributed by atoms with Gasteiger partial charge in [0.2, 0.25) is 5.91 Å². The molecular weight excluding hydrogens is 460 g/mol. The minimum absolute atomic E-state index is 0.00375. The van der Waals surface area contributed by atoms with E-state index in [4.69, 9.17) is 4.99 Å².